The van der Waals surface area contributed by atoms with Gasteiger partial charge in [-0.25, -0.2) is 0 Å². The fourth-order valence-electron chi connectivity index (χ4n) is 1.15. The Kier molecular flexibility index (Phi) is 4.11. The van der Waals surface area contributed by atoms with Crippen molar-refractivity contribution in [3.63, 3.8) is 0 Å². The minimum absolute atomic E-state index is 0.0548. The largest absolute Gasteiger partial charge is 0.508 e. The van der Waals surface area contributed by atoms with Gasteiger partial charge in [-0.2, -0.15) is 0 Å². The van der Waals surface area contributed by atoms with Crippen LogP contribution < -0.4 is 0 Å². The number of hydrogen-bond acceptors (Lipinski definition) is 4. The van der Waals surface area contributed by atoms with Gasteiger partial charge in [-0.1, -0.05) is 22.0 Å². The lowest BCUT2D eigenvalue weighted by atomic mass is 10.1. The third kappa shape index (κ3) is 3.21. The summed E-state index contributed by atoms with van der Waals surface area (Å²) in [6.45, 7) is 0. The number of ether oxygens (including phenoxy) is 1. The van der Waals surface area contributed by atoms with Gasteiger partial charge in [-0.15, -0.1) is 0 Å². The third-order valence-electron chi connectivity index (χ3n) is 1.94. The predicted octanol–water partition coefficient (Wildman–Crippen LogP) is 1.75. The Morgan fingerprint density at radius 2 is 2.27 bits per heavy atom. The second-order valence-corrected chi connectivity index (χ2v) is 3.91. The normalized spacial score (nSPS) is 12.2. The standard InChI is InChI=1S/C10H11BrO4/c1-15-10(14)5-9(13)7-3-2-6(11)4-8(7)12/h2-4,9,12-13H,5H2,1H3/t9-/m1/s1. The van der Waals surface area contributed by atoms with Gasteiger partial charge in [0.25, 0.3) is 0 Å². The van der Waals surface area contributed by atoms with Crippen LogP contribution in [-0.2, 0) is 9.53 Å². The van der Waals surface area contributed by atoms with Gasteiger partial charge in [0.15, 0.2) is 0 Å². The highest BCUT2D eigenvalue weighted by Crippen LogP contribution is 2.29. The molecule has 0 heterocycles. The van der Waals surface area contributed by atoms with Gasteiger partial charge in [0, 0.05) is 10.0 Å². The fourth-order valence-corrected chi connectivity index (χ4v) is 1.50. The molecule has 0 unspecified atom stereocenters. The summed E-state index contributed by atoms with van der Waals surface area (Å²) in [5.41, 5.74) is 0.309. The molecule has 0 bridgehead atoms. The Morgan fingerprint density at radius 3 is 2.80 bits per heavy atom. The number of aromatic hydroxyl groups is 1. The van der Waals surface area contributed by atoms with E-state index in [2.05, 4.69) is 20.7 Å². The molecule has 0 saturated heterocycles. The maximum absolute atomic E-state index is 10.9. The van der Waals surface area contributed by atoms with Gasteiger partial charge in [-0.05, 0) is 12.1 Å². The molecule has 15 heavy (non-hydrogen) atoms. The molecule has 5 heteroatoms. The molecule has 82 valence electrons. The van der Waals surface area contributed by atoms with E-state index in [9.17, 15) is 15.0 Å². The summed E-state index contributed by atoms with van der Waals surface area (Å²) in [5.74, 6) is -0.578. The Balaban J connectivity index is 2.82. The van der Waals surface area contributed by atoms with Crippen molar-refractivity contribution >= 4 is 21.9 Å². The van der Waals surface area contributed by atoms with E-state index in [0.717, 1.165) is 0 Å². The highest BCUT2D eigenvalue weighted by atomic mass is 79.9. The minimum Gasteiger partial charge on any atom is -0.508 e. The average molecular weight is 275 g/mol. The summed E-state index contributed by atoms with van der Waals surface area (Å²) in [6, 6.07) is 4.68. The third-order valence-corrected chi connectivity index (χ3v) is 2.43. The molecule has 0 aliphatic heterocycles. The quantitative estimate of drug-likeness (QED) is 0.825. The number of halogens is 1. The number of hydrogen-bond donors (Lipinski definition) is 2. The van der Waals surface area contributed by atoms with Crippen LogP contribution in [0.2, 0.25) is 0 Å². The maximum Gasteiger partial charge on any atom is 0.308 e. The van der Waals surface area contributed by atoms with E-state index in [1.165, 1.54) is 13.2 Å². The van der Waals surface area contributed by atoms with E-state index in [1.807, 2.05) is 0 Å². The van der Waals surface area contributed by atoms with Crippen molar-refractivity contribution in [2.24, 2.45) is 0 Å². The fraction of sp³-hybridized carbons (Fsp3) is 0.300. The highest BCUT2D eigenvalue weighted by molar-refractivity contribution is 9.10. The van der Waals surface area contributed by atoms with Crippen LogP contribution in [-0.4, -0.2) is 23.3 Å². The molecular weight excluding hydrogens is 264 g/mol. The summed E-state index contributed by atoms with van der Waals surface area (Å²) in [4.78, 5) is 10.9. The molecule has 2 N–H and O–H groups in total. The van der Waals surface area contributed by atoms with Gasteiger partial charge >= 0.3 is 5.97 Å². The number of methoxy groups -OCH3 is 1. The first kappa shape index (κ1) is 12.0. The molecule has 0 spiro atoms. The van der Waals surface area contributed by atoms with Gasteiger partial charge in [0.05, 0.1) is 19.6 Å². The number of aliphatic hydroxyl groups is 1. The summed E-state index contributed by atoms with van der Waals surface area (Å²) in [6.07, 6.45) is -1.23. The number of phenolic OH excluding ortho intramolecular Hbond substituents is 1. The number of phenols is 1. The van der Waals surface area contributed by atoms with Crippen LogP contribution in [0.3, 0.4) is 0 Å². The van der Waals surface area contributed by atoms with Crippen molar-refractivity contribution in [2.45, 2.75) is 12.5 Å². The maximum atomic E-state index is 10.9. The zero-order valence-corrected chi connectivity index (χ0v) is 9.69. The molecule has 0 fully saturated rings. The number of esters is 1. The first-order chi connectivity index (χ1) is 7.04. The SMILES string of the molecule is COC(=O)C[C@@H](O)c1ccc(Br)cc1O. The Bertz CT molecular complexity index is 364. The van der Waals surface area contributed by atoms with Crippen LogP contribution in [0.1, 0.15) is 18.1 Å². The monoisotopic (exact) mass is 274 g/mol. The molecule has 0 radical (unpaired) electrons. The van der Waals surface area contributed by atoms with Crippen LogP contribution in [0.25, 0.3) is 0 Å². The summed E-state index contributed by atoms with van der Waals surface area (Å²) in [7, 11) is 1.25. The van der Waals surface area contributed by atoms with Crippen LogP contribution in [0.5, 0.6) is 5.75 Å². The van der Waals surface area contributed by atoms with Crippen molar-refractivity contribution in [1.29, 1.82) is 0 Å². The van der Waals surface area contributed by atoms with E-state index in [0.29, 0.717) is 10.0 Å². The molecule has 0 amide bonds. The lowest BCUT2D eigenvalue weighted by Crippen LogP contribution is -2.08. The van der Waals surface area contributed by atoms with Crippen molar-refractivity contribution < 1.29 is 19.7 Å². The van der Waals surface area contributed by atoms with Crippen molar-refractivity contribution in [3.05, 3.63) is 28.2 Å². The molecule has 0 aliphatic rings. The second kappa shape index (κ2) is 5.14. The van der Waals surface area contributed by atoms with E-state index < -0.39 is 12.1 Å². The van der Waals surface area contributed by atoms with Gasteiger partial charge < -0.3 is 14.9 Å². The van der Waals surface area contributed by atoms with E-state index in [1.54, 1.807) is 12.1 Å². The van der Waals surface area contributed by atoms with Gasteiger partial charge in [0.1, 0.15) is 5.75 Å². The molecule has 1 aromatic rings. The van der Waals surface area contributed by atoms with Gasteiger partial charge in [-0.3, -0.25) is 4.79 Å². The summed E-state index contributed by atoms with van der Waals surface area (Å²) < 4.78 is 5.12. The second-order valence-electron chi connectivity index (χ2n) is 3.00. The minimum atomic E-state index is -1.05. The first-order valence-electron chi connectivity index (χ1n) is 4.28. The Morgan fingerprint density at radius 1 is 1.60 bits per heavy atom. The molecule has 0 aromatic heterocycles. The van der Waals surface area contributed by atoms with E-state index in [4.69, 9.17) is 0 Å². The Labute approximate surface area is 95.6 Å². The molecule has 4 nitrogen and oxygen atoms in total. The lowest BCUT2D eigenvalue weighted by Gasteiger charge is -2.11. The summed E-state index contributed by atoms with van der Waals surface area (Å²) >= 11 is 3.18. The number of aliphatic hydroxyl groups excluding tert-OH is 1. The highest BCUT2D eigenvalue weighted by Gasteiger charge is 2.16. The van der Waals surface area contributed by atoms with E-state index in [-0.39, 0.29) is 12.2 Å². The lowest BCUT2D eigenvalue weighted by molar-refractivity contribution is -0.142. The van der Waals surface area contributed by atoms with Crippen LogP contribution >= 0.6 is 15.9 Å². The number of rotatable bonds is 3. The smallest absolute Gasteiger partial charge is 0.308 e. The van der Waals surface area contributed by atoms with Crippen LogP contribution in [0, 0.1) is 0 Å². The number of carbonyl (C=O) groups excluding carboxylic acids is 1. The van der Waals surface area contributed by atoms with Crippen LogP contribution in [0.4, 0.5) is 0 Å². The zero-order valence-electron chi connectivity index (χ0n) is 8.11. The molecule has 1 rings (SSSR count). The number of benzene rings is 1. The zero-order chi connectivity index (χ0) is 11.4. The topological polar surface area (TPSA) is 66.8 Å². The van der Waals surface area contributed by atoms with Crippen molar-refractivity contribution in [2.75, 3.05) is 7.11 Å². The van der Waals surface area contributed by atoms with Crippen molar-refractivity contribution in [3.8, 4) is 5.75 Å². The van der Waals surface area contributed by atoms with E-state index >= 15 is 0 Å². The molecule has 0 saturated carbocycles. The van der Waals surface area contributed by atoms with Crippen molar-refractivity contribution in [1.82, 2.24) is 0 Å². The molecular formula is C10H11BrO4. The first-order valence-corrected chi connectivity index (χ1v) is 5.07. The number of carbonyl (C=O) groups is 1. The Hall–Kier alpha value is -1.07. The average Bonchev–Trinajstić information content (AvgIpc) is 2.17. The predicted molar refractivity (Wildman–Crippen MR) is 57.4 cm³/mol. The molecule has 1 atom stereocenters. The summed E-state index contributed by atoms with van der Waals surface area (Å²) in [5, 5.41) is 19.1. The van der Waals surface area contributed by atoms with Crippen LogP contribution in [0.15, 0.2) is 22.7 Å². The molecule has 1 aromatic carbocycles. The molecule has 0 aliphatic carbocycles. The van der Waals surface area contributed by atoms with Gasteiger partial charge in [0.2, 0.25) is 0 Å².